The summed E-state index contributed by atoms with van der Waals surface area (Å²) in [5, 5.41) is 12.3. The molecule has 1 aromatic heterocycles. The summed E-state index contributed by atoms with van der Waals surface area (Å²) in [4.78, 5) is 15.3. The molecule has 2 N–H and O–H groups in total. The van der Waals surface area contributed by atoms with Crippen LogP contribution in [0.1, 0.15) is 37.8 Å². The van der Waals surface area contributed by atoms with Crippen LogP contribution in [0.15, 0.2) is 18.5 Å². The number of hydrogen-bond donors (Lipinski definition) is 2. The van der Waals surface area contributed by atoms with Crippen LogP contribution in [0, 0.1) is 6.92 Å². The van der Waals surface area contributed by atoms with Crippen LogP contribution in [0.3, 0.4) is 0 Å². The Bertz CT molecular complexity index is 393. The molecule has 0 aromatic carbocycles. The van der Waals surface area contributed by atoms with Gasteiger partial charge in [0.05, 0.1) is 0 Å². The Morgan fingerprint density at radius 1 is 1.59 bits per heavy atom. The van der Waals surface area contributed by atoms with Crippen LogP contribution >= 0.6 is 0 Å². The Balaban J connectivity index is 2.71. The Morgan fingerprint density at radius 2 is 2.29 bits per heavy atom. The summed E-state index contributed by atoms with van der Waals surface area (Å²) in [5.74, 6) is -0.805. The molecular formula is C13H20N2O2. The van der Waals surface area contributed by atoms with Crippen molar-refractivity contribution in [3.8, 4) is 0 Å². The minimum absolute atomic E-state index is 0.530. The van der Waals surface area contributed by atoms with Gasteiger partial charge in [-0.15, -0.1) is 0 Å². The molecule has 0 amide bonds. The average Bonchev–Trinajstić information content (AvgIpc) is 2.28. The molecule has 1 unspecified atom stereocenters. The molecule has 0 aliphatic rings. The molecular weight excluding hydrogens is 216 g/mol. The van der Waals surface area contributed by atoms with E-state index in [4.69, 9.17) is 0 Å². The third-order valence-corrected chi connectivity index (χ3v) is 3.04. The highest BCUT2D eigenvalue weighted by Gasteiger charge is 2.31. The molecule has 94 valence electrons. The number of carboxylic acids is 1. The first kappa shape index (κ1) is 13.6. The molecule has 0 saturated carbocycles. The quantitative estimate of drug-likeness (QED) is 0.794. The van der Waals surface area contributed by atoms with E-state index in [9.17, 15) is 9.90 Å². The lowest BCUT2D eigenvalue weighted by molar-refractivity contribution is -0.144. The Morgan fingerprint density at radius 3 is 2.82 bits per heavy atom. The predicted molar refractivity (Wildman–Crippen MR) is 66.8 cm³/mol. The van der Waals surface area contributed by atoms with Gasteiger partial charge in [-0.25, -0.2) is 0 Å². The van der Waals surface area contributed by atoms with Gasteiger partial charge in [0.1, 0.15) is 5.54 Å². The van der Waals surface area contributed by atoms with Crippen LogP contribution in [0.4, 0.5) is 0 Å². The van der Waals surface area contributed by atoms with Crippen LogP contribution in [0.25, 0.3) is 0 Å². The summed E-state index contributed by atoms with van der Waals surface area (Å²) in [6.45, 7) is 6.24. The highest BCUT2D eigenvalue weighted by Crippen LogP contribution is 2.14. The van der Waals surface area contributed by atoms with Crippen LogP contribution in [-0.2, 0) is 11.3 Å². The molecule has 0 fully saturated rings. The summed E-state index contributed by atoms with van der Waals surface area (Å²) >= 11 is 0. The van der Waals surface area contributed by atoms with E-state index >= 15 is 0 Å². The van der Waals surface area contributed by atoms with Gasteiger partial charge in [-0.3, -0.25) is 15.1 Å². The molecule has 0 spiro atoms. The first-order valence-corrected chi connectivity index (χ1v) is 5.87. The molecule has 4 heteroatoms. The zero-order valence-corrected chi connectivity index (χ0v) is 10.7. The van der Waals surface area contributed by atoms with E-state index < -0.39 is 11.5 Å². The van der Waals surface area contributed by atoms with Crippen LogP contribution < -0.4 is 5.32 Å². The monoisotopic (exact) mass is 236 g/mol. The van der Waals surface area contributed by atoms with E-state index in [1.165, 1.54) is 0 Å². The number of pyridine rings is 1. The molecule has 0 radical (unpaired) electrons. The summed E-state index contributed by atoms with van der Waals surface area (Å²) in [7, 11) is 0. The first-order valence-electron chi connectivity index (χ1n) is 5.87. The Kier molecular flexibility index (Phi) is 4.63. The molecule has 4 nitrogen and oxygen atoms in total. The van der Waals surface area contributed by atoms with E-state index in [1.807, 2.05) is 19.9 Å². The fourth-order valence-corrected chi connectivity index (χ4v) is 1.74. The molecule has 1 rings (SSSR count). The molecule has 0 bridgehead atoms. The van der Waals surface area contributed by atoms with Gasteiger partial charge in [-0.05, 0) is 37.5 Å². The van der Waals surface area contributed by atoms with Crippen molar-refractivity contribution in [2.75, 3.05) is 0 Å². The van der Waals surface area contributed by atoms with E-state index in [2.05, 4.69) is 10.3 Å². The third kappa shape index (κ3) is 3.53. The molecule has 1 heterocycles. The largest absolute Gasteiger partial charge is 0.480 e. The van der Waals surface area contributed by atoms with Crippen LogP contribution in [0.2, 0.25) is 0 Å². The van der Waals surface area contributed by atoms with Gasteiger partial charge in [-0.2, -0.15) is 0 Å². The SMILES string of the molecule is CCCC(C)(NCc1cnccc1C)C(=O)O. The van der Waals surface area contributed by atoms with Gasteiger partial charge in [-0.1, -0.05) is 13.3 Å². The van der Waals surface area contributed by atoms with Gasteiger partial charge in [0, 0.05) is 18.9 Å². The predicted octanol–water partition coefficient (Wildman–Crippen LogP) is 2.12. The van der Waals surface area contributed by atoms with Crippen molar-refractivity contribution < 1.29 is 9.90 Å². The number of rotatable bonds is 6. The van der Waals surface area contributed by atoms with Crippen LogP contribution in [-0.4, -0.2) is 21.6 Å². The first-order chi connectivity index (χ1) is 7.99. The summed E-state index contributed by atoms with van der Waals surface area (Å²) in [6.07, 6.45) is 4.96. The molecule has 0 saturated heterocycles. The molecule has 1 aromatic rings. The Labute approximate surface area is 102 Å². The van der Waals surface area contributed by atoms with Crippen molar-refractivity contribution in [2.45, 2.75) is 45.7 Å². The zero-order chi connectivity index (χ0) is 12.9. The van der Waals surface area contributed by atoms with E-state index in [1.54, 1.807) is 19.3 Å². The molecule has 1 atom stereocenters. The number of carboxylic acid groups (broad SMARTS) is 1. The second-order valence-electron chi connectivity index (χ2n) is 4.54. The number of hydrogen-bond acceptors (Lipinski definition) is 3. The standard InChI is InChI=1S/C13H20N2O2/c1-4-6-13(3,12(16)17)15-9-11-8-14-7-5-10(11)2/h5,7-8,15H,4,6,9H2,1-3H3,(H,16,17). The third-order valence-electron chi connectivity index (χ3n) is 3.04. The highest BCUT2D eigenvalue weighted by molar-refractivity contribution is 5.78. The maximum absolute atomic E-state index is 11.2. The number of aliphatic carboxylic acids is 1. The van der Waals surface area contributed by atoms with Crippen molar-refractivity contribution in [1.29, 1.82) is 0 Å². The molecule has 0 aliphatic heterocycles. The van der Waals surface area contributed by atoms with Crippen molar-refractivity contribution in [2.24, 2.45) is 0 Å². The van der Waals surface area contributed by atoms with Gasteiger partial charge >= 0.3 is 5.97 Å². The maximum Gasteiger partial charge on any atom is 0.323 e. The number of nitrogens with zero attached hydrogens (tertiary/aromatic N) is 1. The van der Waals surface area contributed by atoms with Crippen molar-refractivity contribution in [3.63, 3.8) is 0 Å². The Hall–Kier alpha value is -1.42. The van der Waals surface area contributed by atoms with Crippen molar-refractivity contribution in [1.82, 2.24) is 10.3 Å². The summed E-state index contributed by atoms with van der Waals surface area (Å²) in [6, 6.07) is 1.93. The maximum atomic E-state index is 11.2. The minimum atomic E-state index is -0.864. The number of nitrogens with one attached hydrogen (secondary N) is 1. The lowest BCUT2D eigenvalue weighted by Crippen LogP contribution is -2.49. The van der Waals surface area contributed by atoms with Crippen molar-refractivity contribution in [3.05, 3.63) is 29.6 Å². The lowest BCUT2D eigenvalue weighted by Gasteiger charge is -2.26. The van der Waals surface area contributed by atoms with E-state index in [0.717, 1.165) is 17.5 Å². The van der Waals surface area contributed by atoms with Gasteiger partial charge in [0.25, 0.3) is 0 Å². The fourth-order valence-electron chi connectivity index (χ4n) is 1.74. The second kappa shape index (κ2) is 5.77. The smallest absolute Gasteiger partial charge is 0.323 e. The average molecular weight is 236 g/mol. The van der Waals surface area contributed by atoms with Gasteiger partial charge < -0.3 is 5.11 Å². The minimum Gasteiger partial charge on any atom is -0.480 e. The lowest BCUT2D eigenvalue weighted by atomic mass is 9.96. The number of carbonyl (C=O) groups is 1. The fraction of sp³-hybridized carbons (Fsp3) is 0.538. The van der Waals surface area contributed by atoms with E-state index in [-0.39, 0.29) is 0 Å². The number of aromatic nitrogens is 1. The molecule has 0 aliphatic carbocycles. The van der Waals surface area contributed by atoms with Gasteiger partial charge in [0.15, 0.2) is 0 Å². The van der Waals surface area contributed by atoms with E-state index in [0.29, 0.717) is 13.0 Å². The highest BCUT2D eigenvalue weighted by atomic mass is 16.4. The topological polar surface area (TPSA) is 62.2 Å². The molecule has 17 heavy (non-hydrogen) atoms. The summed E-state index contributed by atoms with van der Waals surface area (Å²) in [5.41, 5.74) is 1.30. The zero-order valence-electron chi connectivity index (χ0n) is 10.7. The number of aryl methyl sites for hydroxylation is 1. The normalized spacial score (nSPS) is 14.3. The summed E-state index contributed by atoms with van der Waals surface area (Å²) < 4.78 is 0. The second-order valence-corrected chi connectivity index (χ2v) is 4.54. The van der Waals surface area contributed by atoms with Crippen LogP contribution in [0.5, 0.6) is 0 Å². The van der Waals surface area contributed by atoms with Crippen molar-refractivity contribution >= 4 is 5.97 Å². The van der Waals surface area contributed by atoms with Gasteiger partial charge in [0.2, 0.25) is 0 Å².